The minimum absolute atomic E-state index is 0.119. The van der Waals surface area contributed by atoms with Crippen LogP contribution in [0.5, 0.6) is 0 Å². The number of amides is 1. The molecule has 1 fully saturated rings. The Kier molecular flexibility index (Phi) is 6.69. The van der Waals surface area contributed by atoms with Crippen molar-refractivity contribution in [1.29, 1.82) is 5.26 Å². The van der Waals surface area contributed by atoms with Crippen molar-refractivity contribution in [1.82, 2.24) is 15.5 Å². The van der Waals surface area contributed by atoms with Crippen molar-refractivity contribution < 1.29 is 4.79 Å². The van der Waals surface area contributed by atoms with E-state index < -0.39 is 5.54 Å². The van der Waals surface area contributed by atoms with E-state index in [4.69, 9.17) is 0 Å². The SMILES string of the molecule is Cc1cccc(Nc2nnc(SCC(=O)NC3(C#N)CCCCCC3)s2)c1. The normalized spacial score (nSPS) is 16.1. The molecule has 8 heteroatoms. The van der Waals surface area contributed by atoms with Crippen molar-refractivity contribution in [2.75, 3.05) is 11.1 Å². The molecule has 0 atom stereocenters. The molecule has 6 nitrogen and oxygen atoms in total. The largest absolute Gasteiger partial charge is 0.337 e. The van der Waals surface area contributed by atoms with Gasteiger partial charge in [0.1, 0.15) is 5.54 Å². The Labute approximate surface area is 167 Å². The van der Waals surface area contributed by atoms with Crippen LogP contribution in [0.15, 0.2) is 28.6 Å². The Hall–Kier alpha value is -2.11. The van der Waals surface area contributed by atoms with E-state index in [0.717, 1.165) is 48.6 Å². The Morgan fingerprint density at radius 1 is 1.30 bits per heavy atom. The van der Waals surface area contributed by atoms with Crippen LogP contribution in [0, 0.1) is 18.3 Å². The van der Waals surface area contributed by atoms with Crippen LogP contribution in [0.4, 0.5) is 10.8 Å². The van der Waals surface area contributed by atoms with Crippen LogP contribution in [-0.4, -0.2) is 27.4 Å². The van der Waals surface area contributed by atoms with Crippen molar-refractivity contribution in [3.8, 4) is 6.07 Å². The second-order valence-electron chi connectivity index (χ2n) is 6.81. The van der Waals surface area contributed by atoms with Gasteiger partial charge in [0.05, 0.1) is 11.8 Å². The molecule has 1 heterocycles. The van der Waals surface area contributed by atoms with Gasteiger partial charge in [0.2, 0.25) is 11.0 Å². The minimum atomic E-state index is -0.701. The number of nitrogens with zero attached hydrogens (tertiary/aromatic N) is 3. The molecule has 3 rings (SSSR count). The first-order valence-electron chi connectivity index (χ1n) is 9.11. The van der Waals surface area contributed by atoms with Gasteiger partial charge in [-0.05, 0) is 37.5 Å². The number of nitrogens with one attached hydrogen (secondary N) is 2. The highest BCUT2D eigenvalue weighted by molar-refractivity contribution is 8.01. The Morgan fingerprint density at radius 3 is 2.78 bits per heavy atom. The molecule has 1 amide bonds. The summed E-state index contributed by atoms with van der Waals surface area (Å²) >= 11 is 2.76. The zero-order valence-corrected chi connectivity index (χ0v) is 17.0. The van der Waals surface area contributed by atoms with Crippen LogP contribution in [0.1, 0.15) is 44.1 Å². The highest BCUT2D eigenvalue weighted by Gasteiger charge is 2.32. The Morgan fingerprint density at radius 2 is 2.07 bits per heavy atom. The van der Waals surface area contributed by atoms with E-state index in [1.807, 2.05) is 31.2 Å². The Bertz CT molecular complexity index is 822. The van der Waals surface area contributed by atoms with E-state index in [1.165, 1.54) is 28.7 Å². The molecule has 2 N–H and O–H groups in total. The fraction of sp³-hybridized carbons (Fsp3) is 0.474. The molecule has 0 aliphatic heterocycles. The number of hydrogen-bond acceptors (Lipinski definition) is 7. The Balaban J connectivity index is 1.52. The first kappa shape index (κ1) is 19.6. The third kappa shape index (κ3) is 5.68. The molecule has 0 bridgehead atoms. The summed E-state index contributed by atoms with van der Waals surface area (Å²) in [7, 11) is 0. The molecule has 1 saturated carbocycles. The molecule has 1 aromatic carbocycles. The summed E-state index contributed by atoms with van der Waals surface area (Å²) in [5, 5.41) is 24.7. The van der Waals surface area contributed by atoms with E-state index in [1.54, 1.807) is 0 Å². The lowest BCUT2D eigenvalue weighted by atomic mass is 9.92. The van der Waals surface area contributed by atoms with Gasteiger partial charge in [0.15, 0.2) is 4.34 Å². The number of aryl methyl sites for hydroxylation is 1. The summed E-state index contributed by atoms with van der Waals surface area (Å²) in [6.45, 7) is 2.04. The summed E-state index contributed by atoms with van der Waals surface area (Å²) in [6, 6.07) is 10.4. The van der Waals surface area contributed by atoms with Gasteiger partial charge in [-0.2, -0.15) is 5.26 Å². The zero-order chi connectivity index (χ0) is 19.1. The van der Waals surface area contributed by atoms with Crippen LogP contribution in [0.2, 0.25) is 0 Å². The number of aromatic nitrogens is 2. The molecule has 2 aromatic rings. The predicted molar refractivity (Wildman–Crippen MR) is 109 cm³/mol. The average molecular weight is 402 g/mol. The number of carbonyl (C=O) groups excluding carboxylic acids is 1. The highest BCUT2D eigenvalue weighted by atomic mass is 32.2. The molecular weight excluding hydrogens is 378 g/mol. The molecule has 27 heavy (non-hydrogen) atoms. The lowest BCUT2D eigenvalue weighted by molar-refractivity contribution is -0.120. The van der Waals surface area contributed by atoms with Gasteiger partial charge < -0.3 is 10.6 Å². The lowest BCUT2D eigenvalue weighted by Crippen LogP contribution is -2.47. The van der Waals surface area contributed by atoms with Gasteiger partial charge in [-0.15, -0.1) is 10.2 Å². The van der Waals surface area contributed by atoms with Gasteiger partial charge in [-0.3, -0.25) is 4.79 Å². The van der Waals surface area contributed by atoms with Crippen LogP contribution in [-0.2, 0) is 4.79 Å². The van der Waals surface area contributed by atoms with Crippen molar-refractivity contribution >= 4 is 39.8 Å². The van der Waals surface area contributed by atoms with Crippen molar-refractivity contribution in [3.63, 3.8) is 0 Å². The minimum Gasteiger partial charge on any atom is -0.337 e. The fourth-order valence-electron chi connectivity index (χ4n) is 3.19. The number of benzene rings is 1. The molecule has 1 aliphatic rings. The van der Waals surface area contributed by atoms with Crippen LogP contribution in [0.3, 0.4) is 0 Å². The van der Waals surface area contributed by atoms with Crippen LogP contribution >= 0.6 is 23.1 Å². The molecule has 0 radical (unpaired) electrons. The number of hydrogen-bond donors (Lipinski definition) is 2. The van der Waals surface area contributed by atoms with E-state index in [9.17, 15) is 10.1 Å². The molecule has 0 unspecified atom stereocenters. The van der Waals surface area contributed by atoms with Gasteiger partial charge in [0.25, 0.3) is 0 Å². The molecular formula is C19H23N5OS2. The monoisotopic (exact) mass is 401 g/mol. The number of rotatable bonds is 6. The molecule has 1 aromatic heterocycles. The fourth-order valence-corrected chi connectivity index (χ4v) is 4.76. The standard InChI is InChI=1S/C19H23N5OS2/c1-14-7-6-8-15(11-14)21-17-23-24-18(27-17)26-12-16(25)22-19(13-20)9-4-2-3-5-10-19/h6-8,11H,2-5,9-10,12H2,1H3,(H,21,23)(H,22,25). The van der Waals surface area contributed by atoms with E-state index in [2.05, 4.69) is 26.9 Å². The van der Waals surface area contributed by atoms with Crippen LogP contribution < -0.4 is 10.6 Å². The summed E-state index contributed by atoms with van der Waals surface area (Å²) < 4.78 is 0.729. The third-order valence-corrected chi connectivity index (χ3v) is 6.52. The van der Waals surface area contributed by atoms with Gasteiger partial charge in [-0.1, -0.05) is 60.9 Å². The smallest absolute Gasteiger partial charge is 0.231 e. The average Bonchev–Trinajstić information content (AvgIpc) is 2.96. The topological polar surface area (TPSA) is 90.7 Å². The molecule has 1 aliphatic carbocycles. The first-order chi connectivity index (χ1) is 13.1. The van der Waals surface area contributed by atoms with Crippen molar-refractivity contribution in [2.45, 2.75) is 55.3 Å². The summed E-state index contributed by atoms with van der Waals surface area (Å²) in [5.74, 6) is 0.120. The van der Waals surface area contributed by atoms with Gasteiger partial charge in [0, 0.05) is 5.69 Å². The predicted octanol–water partition coefficient (Wildman–Crippen LogP) is 4.42. The third-order valence-electron chi connectivity index (χ3n) is 4.55. The van der Waals surface area contributed by atoms with Gasteiger partial charge in [-0.25, -0.2) is 0 Å². The van der Waals surface area contributed by atoms with E-state index in [0.29, 0.717) is 5.13 Å². The molecule has 0 spiro atoms. The lowest BCUT2D eigenvalue weighted by Gasteiger charge is -2.26. The second-order valence-corrected chi connectivity index (χ2v) is 9.01. The summed E-state index contributed by atoms with van der Waals surface area (Å²) in [6.07, 6.45) is 5.73. The maximum absolute atomic E-state index is 12.4. The van der Waals surface area contributed by atoms with E-state index >= 15 is 0 Å². The zero-order valence-electron chi connectivity index (χ0n) is 15.3. The van der Waals surface area contributed by atoms with Crippen molar-refractivity contribution in [3.05, 3.63) is 29.8 Å². The molecule has 142 valence electrons. The quantitative estimate of drug-likeness (QED) is 0.550. The number of carbonyl (C=O) groups is 1. The van der Waals surface area contributed by atoms with Crippen LogP contribution in [0.25, 0.3) is 0 Å². The summed E-state index contributed by atoms with van der Waals surface area (Å²) in [4.78, 5) is 12.4. The van der Waals surface area contributed by atoms with E-state index in [-0.39, 0.29) is 11.7 Å². The highest BCUT2D eigenvalue weighted by Crippen LogP contribution is 2.29. The number of anilines is 2. The maximum Gasteiger partial charge on any atom is 0.231 e. The van der Waals surface area contributed by atoms with Gasteiger partial charge >= 0.3 is 0 Å². The second kappa shape index (κ2) is 9.20. The molecule has 0 saturated heterocycles. The maximum atomic E-state index is 12.4. The number of thioether (sulfide) groups is 1. The first-order valence-corrected chi connectivity index (χ1v) is 10.9. The van der Waals surface area contributed by atoms with Crippen molar-refractivity contribution in [2.24, 2.45) is 0 Å². The number of nitriles is 1. The summed E-state index contributed by atoms with van der Waals surface area (Å²) in [5.41, 5.74) is 1.43.